The highest BCUT2D eigenvalue weighted by molar-refractivity contribution is 5.66. The minimum Gasteiger partial charge on any atom is -0.394 e. The lowest BCUT2D eigenvalue weighted by Gasteiger charge is -2.34. The number of nitrogen functional groups attached to an aromatic ring is 1. The van der Waals surface area contributed by atoms with Gasteiger partial charge in [0.1, 0.15) is 5.82 Å². The molecule has 0 bridgehead atoms. The van der Waals surface area contributed by atoms with E-state index in [4.69, 9.17) is 10.5 Å². The zero-order valence-corrected chi connectivity index (χ0v) is 12.4. The van der Waals surface area contributed by atoms with Crippen molar-refractivity contribution in [3.8, 4) is 0 Å². The van der Waals surface area contributed by atoms with Crippen molar-refractivity contribution in [3.05, 3.63) is 5.69 Å². The number of aryl methyl sites for hydroxylation is 2. The van der Waals surface area contributed by atoms with Crippen molar-refractivity contribution in [2.75, 3.05) is 30.3 Å². The summed E-state index contributed by atoms with van der Waals surface area (Å²) in [6.07, 6.45) is 4.58. The van der Waals surface area contributed by atoms with Gasteiger partial charge in [0.15, 0.2) is 0 Å². The molecule has 19 heavy (non-hydrogen) atoms. The van der Waals surface area contributed by atoms with Crippen LogP contribution < -0.4 is 10.6 Å². The van der Waals surface area contributed by atoms with Crippen LogP contribution in [-0.4, -0.2) is 35.6 Å². The van der Waals surface area contributed by atoms with Crippen LogP contribution in [0.15, 0.2) is 0 Å². The molecule has 0 amide bonds. The molecule has 2 heterocycles. The van der Waals surface area contributed by atoms with Gasteiger partial charge in [0.2, 0.25) is 0 Å². The van der Waals surface area contributed by atoms with Gasteiger partial charge in [0.05, 0.1) is 17.5 Å². The van der Waals surface area contributed by atoms with E-state index in [0.29, 0.717) is 6.10 Å². The Morgan fingerprint density at radius 1 is 1.42 bits per heavy atom. The van der Waals surface area contributed by atoms with E-state index in [-0.39, 0.29) is 0 Å². The minimum atomic E-state index is 0.327. The second-order valence-electron chi connectivity index (χ2n) is 5.24. The molecule has 0 aromatic carbocycles. The lowest BCUT2D eigenvalue weighted by Crippen LogP contribution is -2.41. The Hall–Kier alpha value is -1.23. The largest absolute Gasteiger partial charge is 0.394 e. The van der Waals surface area contributed by atoms with Crippen LogP contribution in [0.4, 0.5) is 11.5 Å². The van der Waals surface area contributed by atoms with Crippen molar-refractivity contribution in [1.29, 1.82) is 0 Å². The van der Waals surface area contributed by atoms with Gasteiger partial charge in [-0.15, -0.1) is 0 Å². The summed E-state index contributed by atoms with van der Waals surface area (Å²) in [5.41, 5.74) is 8.05. The topological polar surface area (TPSA) is 56.3 Å². The van der Waals surface area contributed by atoms with Crippen LogP contribution in [0, 0.1) is 0 Å². The molecule has 1 saturated heterocycles. The third kappa shape index (κ3) is 3.03. The van der Waals surface area contributed by atoms with Gasteiger partial charge in [-0.05, 0) is 25.7 Å². The number of nitrogens with two attached hydrogens (primary N) is 1. The number of ether oxygens (including phenoxy) is 1. The van der Waals surface area contributed by atoms with Crippen molar-refractivity contribution in [2.24, 2.45) is 7.05 Å². The molecule has 2 N–H and O–H groups in total. The van der Waals surface area contributed by atoms with E-state index in [1.54, 1.807) is 0 Å². The first kappa shape index (κ1) is 14.2. The fourth-order valence-electron chi connectivity index (χ4n) is 2.77. The standard InChI is InChI=1S/C14H26N4O/c1-4-9-19-11-7-6-8-18(10-11)14-13(15)12(5-2)16-17(14)3/h11H,4-10,15H2,1-3H3. The number of hydrogen-bond donors (Lipinski definition) is 1. The van der Waals surface area contributed by atoms with Gasteiger partial charge in [-0.2, -0.15) is 5.10 Å². The quantitative estimate of drug-likeness (QED) is 0.885. The summed E-state index contributed by atoms with van der Waals surface area (Å²) in [6.45, 7) is 7.05. The van der Waals surface area contributed by atoms with Crippen molar-refractivity contribution in [2.45, 2.75) is 45.6 Å². The van der Waals surface area contributed by atoms with Crippen LogP contribution in [0.5, 0.6) is 0 Å². The van der Waals surface area contributed by atoms with Gasteiger partial charge in [0.25, 0.3) is 0 Å². The highest BCUT2D eigenvalue weighted by Crippen LogP contribution is 2.29. The van der Waals surface area contributed by atoms with Crippen molar-refractivity contribution < 1.29 is 4.74 Å². The predicted molar refractivity (Wildman–Crippen MR) is 78.5 cm³/mol. The molecule has 5 heteroatoms. The van der Waals surface area contributed by atoms with Gasteiger partial charge in [-0.25, -0.2) is 0 Å². The number of aromatic nitrogens is 2. The lowest BCUT2D eigenvalue weighted by molar-refractivity contribution is 0.0438. The first-order chi connectivity index (χ1) is 9.17. The number of piperidine rings is 1. The minimum absolute atomic E-state index is 0.327. The Bertz CT molecular complexity index is 416. The molecule has 1 aromatic heterocycles. The number of nitrogens with zero attached hydrogens (tertiary/aromatic N) is 3. The predicted octanol–water partition coefficient (Wildman–Crippen LogP) is 1.96. The van der Waals surface area contributed by atoms with E-state index in [1.807, 2.05) is 11.7 Å². The van der Waals surface area contributed by atoms with Gasteiger partial charge in [0, 0.05) is 26.7 Å². The molecule has 1 fully saturated rings. The molecule has 1 atom stereocenters. The summed E-state index contributed by atoms with van der Waals surface area (Å²) in [4.78, 5) is 2.32. The van der Waals surface area contributed by atoms with Gasteiger partial charge in [-0.1, -0.05) is 13.8 Å². The monoisotopic (exact) mass is 266 g/mol. The molecule has 2 rings (SSSR count). The van der Waals surface area contributed by atoms with E-state index < -0.39 is 0 Å². The van der Waals surface area contributed by atoms with Crippen molar-refractivity contribution in [1.82, 2.24) is 9.78 Å². The Balaban J connectivity index is 2.10. The van der Waals surface area contributed by atoms with Gasteiger partial charge < -0.3 is 15.4 Å². The fraction of sp³-hybridized carbons (Fsp3) is 0.786. The second kappa shape index (κ2) is 6.28. The Kier molecular flexibility index (Phi) is 4.69. The third-order valence-corrected chi connectivity index (χ3v) is 3.70. The van der Waals surface area contributed by atoms with E-state index in [0.717, 1.165) is 62.6 Å². The first-order valence-corrected chi connectivity index (χ1v) is 7.35. The molecule has 1 unspecified atom stereocenters. The molecule has 5 nitrogen and oxygen atoms in total. The molecule has 0 aliphatic carbocycles. The molecule has 1 aliphatic rings. The summed E-state index contributed by atoms with van der Waals surface area (Å²) in [5, 5.41) is 4.50. The fourth-order valence-corrected chi connectivity index (χ4v) is 2.77. The zero-order chi connectivity index (χ0) is 13.8. The number of hydrogen-bond acceptors (Lipinski definition) is 4. The van der Waals surface area contributed by atoms with Gasteiger partial charge in [-0.3, -0.25) is 4.68 Å². The molecular weight excluding hydrogens is 240 g/mol. The van der Waals surface area contributed by atoms with Crippen LogP contribution in [0.2, 0.25) is 0 Å². The van der Waals surface area contributed by atoms with Crippen LogP contribution in [0.3, 0.4) is 0 Å². The molecule has 1 aromatic rings. The maximum Gasteiger partial charge on any atom is 0.150 e. The number of rotatable bonds is 5. The van der Waals surface area contributed by atoms with Crippen LogP contribution in [-0.2, 0) is 18.2 Å². The average Bonchev–Trinajstić information content (AvgIpc) is 2.71. The van der Waals surface area contributed by atoms with Crippen LogP contribution in [0.25, 0.3) is 0 Å². The van der Waals surface area contributed by atoms with Crippen LogP contribution >= 0.6 is 0 Å². The maximum absolute atomic E-state index is 6.23. The summed E-state index contributed by atoms with van der Waals surface area (Å²) in [6, 6.07) is 0. The highest BCUT2D eigenvalue weighted by Gasteiger charge is 2.25. The van der Waals surface area contributed by atoms with Gasteiger partial charge >= 0.3 is 0 Å². The zero-order valence-electron chi connectivity index (χ0n) is 12.4. The Morgan fingerprint density at radius 3 is 2.84 bits per heavy atom. The highest BCUT2D eigenvalue weighted by atomic mass is 16.5. The molecule has 0 spiro atoms. The van der Waals surface area contributed by atoms with Crippen LogP contribution in [0.1, 0.15) is 38.8 Å². The summed E-state index contributed by atoms with van der Waals surface area (Å²) < 4.78 is 7.80. The molecule has 1 aliphatic heterocycles. The summed E-state index contributed by atoms with van der Waals surface area (Å²) >= 11 is 0. The van der Waals surface area contributed by atoms with E-state index in [1.165, 1.54) is 0 Å². The maximum atomic E-state index is 6.23. The number of anilines is 2. The van der Waals surface area contributed by atoms with E-state index >= 15 is 0 Å². The van der Waals surface area contributed by atoms with E-state index in [2.05, 4.69) is 23.8 Å². The SMILES string of the molecule is CCCOC1CCCN(c2c(N)c(CC)nn2C)C1. The van der Waals surface area contributed by atoms with E-state index in [9.17, 15) is 0 Å². The first-order valence-electron chi connectivity index (χ1n) is 7.35. The molecule has 0 radical (unpaired) electrons. The molecule has 0 saturated carbocycles. The average molecular weight is 266 g/mol. The Labute approximate surface area is 115 Å². The van der Waals surface area contributed by atoms with Crippen molar-refractivity contribution in [3.63, 3.8) is 0 Å². The molecule has 108 valence electrons. The lowest BCUT2D eigenvalue weighted by atomic mass is 10.1. The molecular formula is C14H26N4O. The normalized spacial score (nSPS) is 19.9. The summed E-state index contributed by atoms with van der Waals surface area (Å²) in [7, 11) is 1.97. The van der Waals surface area contributed by atoms with Crippen molar-refractivity contribution >= 4 is 11.5 Å². The third-order valence-electron chi connectivity index (χ3n) is 3.70. The second-order valence-corrected chi connectivity index (χ2v) is 5.24. The smallest absolute Gasteiger partial charge is 0.150 e. The summed E-state index contributed by atoms with van der Waals surface area (Å²) in [5.74, 6) is 1.06. The Morgan fingerprint density at radius 2 is 2.21 bits per heavy atom.